The molecule has 1 aliphatic heterocycles. The van der Waals surface area contributed by atoms with Gasteiger partial charge in [0.25, 0.3) is 0 Å². The summed E-state index contributed by atoms with van der Waals surface area (Å²) in [6, 6.07) is 8.48. The molecule has 88 valence electrons. The molecule has 0 bridgehead atoms. The first-order valence-electron chi connectivity index (χ1n) is 6.22. The van der Waals surface area contributed by atoms with Gasteiger partial charge in [-0.05, 0) is 43.5 Å². The van der Waals surface area contributed by atoms with E-state index in [1.807, 2.05) is 6.92 Å². The number of hydrogen-bond donors (Lipinski definition) is 0. The Morgan fingerprint density at radius 3 is 2.62 bits per heavy atom. The van der Waals surface area contributed by atoms with E-state index in [9.17, 15) is 0 Å². The Morgan fingerprint density at radius 2 is 2.06 bits per heavy atom. The quantitative estimate of drug-likeness (QED) is 0.772. The van der Waals surface area contributed by atoms with E-state index in [1.165, 1.54) is 25.1 Å². The average Bonchev–Trinajstić information content (AvgIpc) is 2.67. The minimum absolute atomic E-state index is 0.739. The lowest BCUT2D eigenvalue weighted by atomic mass is 10.2. The number of hydrogen-bond acceptors (Lipinski definition) is 2. The Bertz CT molecular complexity index is 320. The SMILES string of the molecule is CCOc1ccc(CN2CCC(C)C2)cc1. The molecule has 0 saturated carbocycles. The molecule has 0 aromatic heterocycles. The summed E-state index contributed by atoms with van der Waals surface area (Å²) in [7, 11) is 0. The number of nitrogens with zero attached hydrogens (tertiary/aromatic N) is 1. The summed E-state index contributed by atoms with van der Waals surface area (Å²) in [5, 5.41) is 0. The molecule has 1 heterocycles. The lowest BCUT2D eigenvalue weighted by Crippen LogP contribution is -2.19. The van der Waals surface area contributed by atoms with Crippen LogP contribution in [0.1, 0.15) is 25.8 Å². The van der Waals surface area contributed by atoms with Crippen molar-refractivity contribution >= 4 is 0 Å². The van der Waals surface area contributed by atoms with E-state index >= 15 is 0 Å². The molecule has 1 aromatic rings. The van der Waals surface area contributed by atoms with Crippen LogP contribution in [-0.2, 0) is 6.54 Å². The van der Waals surface area contributed by atoms with Gasteiger partial charge in [-0.1, -0.05) is 19.1 Å². The first kappa shape index (κ1) is 11.5. The Morgan fingerprint density at radius 1 is 1.31 bits per heavy atom. The molecule has 1 atom stereocenters. The lowest BCUT2D eigenvalue weighted by molar-refractivity contribution is 0.319. The Labute approximate surface area is 98.2 Å². The van der Waals surface area contributed by atoms with Gasteiger partial charge >= 0.3 is 0 Å². The van der Waals surface area contributed by atoms with Crippen LogP contribution in [0.25, 0.3) is 0 Å². The van der Waals surface area contributed by atoms with E-state index in [0.717, 1.165) is 24.8 Å². The highest BCUT2D eigenvalue weighted by molar-refractivity contribution is 5.27. The normalized spacial score (nSPS) is 21.2. The van der Waals surface area contributed by atoms with Crippen molar-refractivity contribution in [2.75, 3.05) is 19.7 Å². The monoisotopic (exact) mass is 219 g/mol. The van der Waals surface area contributed by atoms with Crippen molar-refractivity contribution in [3.05, 3.63) is 29.8 Å². The third kappa shape index (κ3) is 2.99. The predicted molar refractivity (Wildman–Crippen MR) is 66.7 cm³/mol. The molecule has 0 radical (unpaired) electrons. The molecule has 1 fully saturated rings. The van der Waals surface area contributed by atoms with Crippen LogP contribution in [-0.4, -0.2) is 24.6 Å². The molecule has 1 saturated heterocycles. The number of ether oxygens (including phenoxy) is 1. The van der Waals surface area contributed by atoms with Crippen LogP contribution in [0, 0.1) is 5.92 Å². The van der Waals surface area contributed by atoms with Crippen LogP contribution >= 0.6 is 0 Å². The standard InChI is InChI=1S/C14H21NO/c1-3-16-14-6-4-13(5-7-14)11-15-9-8-12(2)10-15/h4-7,12H,3,8-11H2,1-2H3. The molecular weight excluding hydrogens is 198 g/mol. The highest BCUT2D eigenvalue weighted by Crippen LogP contribution is 2.19. The Balaban J connectivity index is 1.89. The van der Waals surface area contributed by atoms with Crippen LogP contribution in [0.4, 0.5) is 0 Å². The largest absolute Gasteiger partial charge is 0.494 e. The second-order valence-corrected chi connectivity index (χ2v) is 4.71. The second-order valence-electron chi connectivity index (χ2n) is 4.71. The fourth-order valence-corrected chi connectivity index (χ4v) is 2.29. The summed E-state index contributed by atoms with van der Waals surface area (Å²) in [4.78, 5) is 2.53. The van der Waals surface area contributed by atoms with E-state index < -0.39 is 0 Å². The molecule has 1 unspecified atom stereocenters. The van der Waals surface area contributed by atoms with E-state index in [0.29, 0.717) is 0 Å². The van der Waals surface area contributed by atoms with E-state index in [1.54, 1.807) is 0 Å². The molecule has 1 aromatic carbocycles. The van der Waals surface area contributed by atoms with Crippen LogP contribution in [0.3, 0.4) is 0 Å². The fourth-order valence-electron chi connectivity index (χ4n) is 2.29. The van der Waals surface area contributed by atoms with Crippen molar-refractivity contribution in [1.82, 2.24) is 4.90 Å². The van der Waals surface area contributed by atoms with Gasteiger partial charge in [0.2, 0.25) is 0 Å². The van der Waals surface area contributed by atoms with E-state index in [2.05, 4.69) is 36.1 Å². The maximum Gasteiger partial charge on any atom is 0.119 e. The van der Waals surface area contributed by atoms with Gasteiger partial charge in [-0.2, -0.15) is 0 Å². The summed E-state index contributed by atoms with van der Waals surface area (Å²) in [6.45, 7) is 8.65. The molecule has 1 aliphatic rings. The lowest BCUT2D eigenvalue weighted by Gasteiger charge is -2.15. The maximum absolute atomic E-state index is 5.43. The van der Waals surface area contributed by atoms with Crippen molar-refractivity contribution in [2.45, 2.75) is 26.8 Å². The average molecular weight is 219 g/mol. The van der Waals surface area contributed by atoms with Gasteiger partial charge in [0.1, 0.15) is 5.75 Å². The molecule has 2 heteroatoms. The molecule has 2 nitrogen and oxygen atoms in total. The first-order chi connectivity index (χ1) is 7.78. The predicted octanol–water partition coefficient (Wildman–Crippen LogP) is 2.93. The van der Waals surface area contributed by atoms with Crippen LogP contribution in [0.2, 0.25) is 0 Å². The van der Waals surface area contributed by atoms with Gasteiger partial charge in [-0.25, -0.2) is 0 Å². The van der Waals surface area contributed by atoms with Crippen molar-refractivity contribution < 1.29 is 4.74 Å². The second kappa shape index (κ2) is 5.35. The van der Waals surface area contributed by atoms with Gasteiger partial charge in [0.05, 0.1) is 6.61 Å². The van der Waals surface area contributed by atoms with Crippen molar-refractivity contribution in [3.63, 3.8) is 0 Å². The van der Waals surface area contributed by atoms with Gasteiger partial charge < -0.3 is 4.74 Å². The topological polar surface area (TPSA) is 12.5 Å². The van der Waals surface area contributed by atoms with Crippen LogP contribution in [0.5, 0.6) is 5.75 Å². The number of benzene rings is 1. The smallest absolute Gasteiger partial charge is 0.119 e. The summed E-state index contributed by atoms with van der Waals surface area (Å²) in [5.41, 5.74) is 1.39. The first-order valence-corrected chi connectivity index (χ1v) is 6.22. The zero-order valence-electron chi connectivity index (χ0n) is 10.3. The van der Waals surface area contributed by atoms with Gasteiger partial charge in [0, 0.05) is 13.1 Å². The van der Waals surface area contributed by atoms with Gasteiger partial charge in [-0.3, -0.25) is 4.90 Å². The minimum Gasteiger partial charge on any atom is -0.494 e. The molecule has 0 spiro atoms. The third-order valence-corrected chi connectivity index (χ3v) is 3.15. The van der Waals surface area contributed by atoms with Crippen molar-refractivity contribution in [2.24, 2.45) is 5.92 Å². The van der Waals surface area contributed by atoms with Crippen LogP contribution in [0.15, 0.2) is 24.3 Å². The molecular formula is C14H21NO. The summed E-state index contributed by atoms with van der Waals surface area (Å²) in [5.74, 6) is 1.84. The number of rotatable bonds is 4. The molecule has 0 aliphatic carbocycles. The summed E-state index contributed by atoms with van der Waals surface area (Å²) >= 11 is 0. The number of likely N-dealkylation sites (tertiary alicyclic amines) is 1. The van der Waals surface area contributed by atoms with Crippen LogP contribution < -0.4 is 4.74 Å². The summed E-state index contributed by atoms with van der Waals surface area (Å²) < 4.78 is 5.43. The zero-order valence-corrected chi connectivity index (χ0v) is 10.3. The summed E-state index contributed by atoms with van der Waals surface area (Å²) in [6.07, 6.45) is 1.34. The molecule has 2 rings (SSSR count). The van der Waals surface area contributed by atoms with Crippen molar-refractivity contribution in [3.8, 4) is 5.75 Å². The van der Waals surface area contributed by atoms with E-state index in [-0.39, 0.29) is 0 Å². The highest BCUT2D eigenvalue weighted by atomic mass is 16.5. The molecule has 0 N–H and O–H groups in total. The minimum atomic E-state index is 0.739. The molecule has 16 heavy (non-hydrogen) atoms. The van der Waals surface area contributed by atoms with Gasteiger partial charge in [-0.15, -0.1) is 0 Å². The van der Waals surface area contributed by atoms with Crippen molar-refractivity contribution in [1.29, 1.82) is 0 Å². The third-order valence-electron chi connectivity index (χ3n) is 3.15. The molecule has 0 amide bonds. The Hall–Kier alpha value is -1.02. The van der Waals surface area contributed by atoms with E-state index in [4.69, 9.17) is 4.74 Å². The highest BCUT2D eigenvalue weighted by Gasteiger charge is 2.18. The van der Waals surface area contributed by atoms with Gasteiger partial charge in [0.15, 0.2) is 0 Å². The fraction of sp³-hybridized carbons (Fsp3) is 0.571. The Kier molecular flexibility index (Phi) is 3.83. The zero-order chi connectivity index (χ0) is 11.4. The maximum atomic E-state index is 5.43.